The maximum atomic E-state index is 13.7. The zero-order valence-electron chi connectivity index (χ0n) is 28.7. The van der Waals surface area contributed by atoms with Crippen molar-refractivity contribution in [1.82, 2.24) is 21.3 Å². The normalized spacial score (nSPS) is 22.0. The molecule has 1 saturated heterocycles. The van der Waals surface area contributed by atoms with Crippen LogP contribution in [0.2, 0.25) is 0 Å². The van der Waals surface area contributed by atoms with Crippen molar-refractivity contribution in [3.8, 4) is 5.75 Å². The lowest BCUT2D eigenvalue weighted by molar-refractivity contribution is -0.143. The zero-order valence-corrected chi connectivity index (χ0v) is 30.3. The number of carboxylic acid groups (broad SMARTS) is 1. The Morgan fingerprint density at radius 2 is 1.57 bits per heavy atom. The van der Waals surface area contributed by atoms with Crippen molar-refractivity contribution in [3.05, 3.63) is 64.7 Å². The van der Waals surface area contributed by atoms with Crippen LogP contribution in [0.4, 0.5) is 0 Å². The fourth-order valence-electron chi connectivity index (χ4n) is 5.28. The van der Waals surface area contributed by atoms with E-state index in [1.165, 1.54) is 6.92 Å². The van der Waals surface area contributed by atoms with E-state index in [1.54, 1.807) is 70.2 Å². The van der Waals surface area contributed by atoms with Crippen LogP contribution in [-0.2, 0) is 41.6 Å². The quantitative estimate of drug-likeness (QED) is 0.132. The summed E-state index contributed by atoms with van der Waals surface area (Å²) in [5.74, 6) is -4.01. The lowest BCUT2D eigenvalue weighted by Gasteiger charge is -2.38. The van der Waals surface area contributed by atoms with Gasteiger partial charge in [-0.3, -0.25) is 24.0 Å². The van der Waals surface area contributed by atoms with Gasteiger partial charge in [0.2, 0.25) is 23.6 Å². The van der Waals surface area contributed by atoms with Gasteiger partial charge in [-0.2, -0.15) is 0 Å². The van der Waals surface area contributed by atoms with E-state index in [1.807, 2.05) is 13.8 Å². The molecule has 1 heterocycles. The third-order valence-corrected chi connectivity index (χ3v) is 12.2. The molecule has 4 amide bonds. The second kappa shape index (κ2) is 16.5. The fourth-order valence-corrected chi connectivity index (χ4v) is 8.09. The number of carbonyl (C=O) groups excluding carboxylic acids is 5. The summed E-state index contributed by atoms with van der Waals surface area (Å²) < 4.78 is 3.00. The molecule has 0 aliphatic carbocycles. The molecule has 1 fully saturated rings. The highest BCUT2D eigenvalue weighted by molar-refractivity contribution is 8.77. The van der Waals surface area contributed by atoms with Crippen LogP contribution in [0.1, 0.15) is 56.9 Å². The van der Waals surface area contributed by atoms with Crippen LogP contribution in [0.15, 0.2) is 42.5 Å². The molecule has 3 rings (SSSR count). The highest BCUT2D eigenvalue weighted by atomic mass is 33.1. The maximum Gasteiger partial charge on any atom is 0.327 e. The predicted molar refractivity (Wildman–Crippen MR) is 189 cm³/mol. The molecule has 7 N–H and O–H groups in total. The number of nitrogens with one attached hydrogen (secondary N) is 4. The summed E-state index contributed by atoms with van der Waals surface area (Å²) in [6.07, 6.45) is 0.203. The largest absolute Gasteiger partial charge is 0.480 e. The van der Waals surface area contributed by atoms with Crippen molar-refractivity contribution >= 4 is 57.2 Å². The molecule has 4 atom stereocenters. The van der Waals surface area contributed by atoms with Crippen LogP contribution in [0.25, 0.3) is 0 Å². The summed E-state index contributed by atoms with van der Waals surface area (Å²) >= 11 is 0. The minimum Gasteiger partial charge on any atom is -0.480 e. The molecule has 0 aromatic heterocycles. The number of aryl methyl sites for hydroxylation is 2. The van der Waals surface area contributed by atoms with Crippen molar-refractivity contribution in [2.24, 2.45) is 5.73 Å². The average Bonchev–Trinajstić information content (AvgIpc) is 3.01. The number of rotatable bonds is 8. The van der Waals surface area contributed by atoms with E-state index in [-0.39, 0.29) is 12.8 Å². The van der Waals surface area contributed by atoms with Gasteiger partial charge in [-0.05, 0) is 82.3 Å². The van der Waals surface area contributed by atoms with Gasteiger partial charge in [0, 0.05) is 18.1 Å². The zero-order chi connectivity index (χ0) is 36.7. The van der Waals surface area contributed by atoms with Crippen molar-refractivity contribution in [2.75, 3.05) is 6.54 Å². The molecule has 0 bridgehead atoms. The standard InChI is InChI=1S/C34H45N5O8S2/c1-18-13-22(47-20(3)40)14-19(2)23(18)16-24(35)29(42)38-27-31(44)36-17-26(41)37-25(15-21-11-9-8-10-12-21)30(43)39-28(32(45)46)34(6,7)49-48-33(27,4)5/h8-14,24-25,27-28H,15-17,35H2,1-7H3,(H,36,44)(H,37,41)(H,38,42)(H,39,43)(H,45,46). The first kappa shape index (κ1) is 39.4. The summed E-state index contributed by atoms with van der Waals surface area (Å²) in [6, 6.07) is 7.49. The Morgan fingerprint density at radius 3 is 2.14 bits per heavy atom. The van der Waals surface area contributed by atoms with Crippen LogP contribution in [0, 0.1) is 13.8 Å². The molecule has 1 aliphatic rings. The number of carbonyl (C=O) groups is 6. The van der Waals surface area contributed by atoms with Crippen LogP contribution >= 0.6 is 21.6 Å². The average molecular weight is 716 g/mol. The summed E-state index contributed by atoms with van der Waals surface area (Å²) in [7, 11) is 2.31. The summed E-state index contributed by atoms with van der Waals surface area (Å²) in [5, 5.41) is 20.7. The lowest BCUT2D eigenvalue weighted by atomic mass is 9.95. The van der Waals surface area contributed by atoms with Gasteiger partial charge < -0.3 is 36.8 Å². The van der Waals surface area contributed by atoms with E-state index < -0.39 is 75.8 Å². The summed E-state index contributed by atoms with van der Waals surface area (Å²) in [6.45, 7) is 11.1. The molecule has 0 spiro atoms. The number of hydrogen-bond donors (Lipinski definition) is 6. The second-order valence-electron chi connectivity index (χ2n) is 13.1. The summed E-state index contributed by atoms with van der Waals surface area (Å²) in [5.41, 5.74) is 9.41. The van der Waals surface area contributed by atoms with Crippen LogP contribution in [0.3, 0.4) is 0 Å². The highest BCUT2D eigenvalue weighted by Crippen LogP contribution is 2.46. The smallest absolute Gasteiger partial charge is 0.327 e. The second-order valence-corrected chi connectivity index (χ2v) is 16.5. The first-order valence-electron chi connectivity index (χ1n) is 15.7. The first-order chi connectivity index (χ1) is 22.8. The molecular weight excluding hydrogens is 671 g/mol. The van der Waals surface area contributed by atoms with Crippen molar-refractivity contribution < 1.29 is 38.6 Å². The van der Waals surface area contributed by atoms with Gasteiger partial charge in [-0.15, -0.1) is 0 Å². The Labute approximate surface area is 294 Å². The van der Waals surface area contributed by atoms with Gasteiger partial charge >= 0.3 is 11.9 Å². The molecule has 2 aromatic carbocycles. The van der Waals surface area contributed by atoms with E-state index in [2.05, 4.69) is 21.3 Å². The lowest BCUT2D eigenvalue weighted by Crippen LogP contribution is -2.61. The molecule has 4 unspecified atom stereocenters. The van der Waals surface area contributed by atoms with Crippen LogP contribution in [0.5, 0.6) is 5.75 Å². The van der Waals surface area contributed by atoms with Gasteiger partial charge in [0.15, 0.2) is 0 Å². The van der Waals surface area contributed by atoms with Crippen LogP contribution in [-0.4, -0.2) is 80.9 Å². The SMILES string of the molecule is CC(=O)Oc1cc(C)c(CC(N)C(=O)NC2C(=O)NCC(=O)NC(Cc3ccccc3)C(=O)NC(C(=O)O)C(C)(C)SSC2(C)C)c(C)c1. The van der Waals surface area contributed by atoms with Crippen LogP contribution < -0.4 is 31.7 Å². The summed E-state index contributed by atoms with van der Waals surface area (Å²) in [4.78, 5) is 77.6. The van der Waals surface area contributed by atoms with Gasteiger partial charge in [0.1, 0.15) is 23.9 Å². The topological polar surface area (TPSA) is 206 Å². The third-order valence-electron chi connectivity index (χ3n) is 7.99. The monoisotopic (exact) mass is 715 g/mol. The molecule has 0 radical (unpaired) electrons. The van der Waals surface area contributed by atoms with E-state index in [9.17, 15) is 33.9 Å². The number of hydrogen-bond acceptors (Lipinski definition) is 10. The molecule has 266 valence electrons. The Hall–Kier alpha value is -4.08. The van der Waals surface area contributed by atoms with Gasteiger partial charge in [-0.25, -0.2) is 4.79 Å². The van der Waals surface area contributed by atoms with E-state index in [4.69, 9.17) is 10.5 Å². The maximum absolute atomic E-state index is 13.7. The van der Waals surface area contributed by atoms with E-state index in [0.717, 1.165) is 43.8 Å². The van der Waals surface area contributed by atoms with E-state index in [0.29, 0.717) is 5.75 Å². The number of benzene rings is 2. The molecule has 15 heteroatoms. The number of ether oxygens (including phenoxy) is 1. The van der Waals surface area contributed by atoms with Crippen molar-refractivity contribution in [1.29, 1.82) is 0 Å². The highest BCUT2D eigenvalue weighted by Gasteiger charge is 2.44. The minimum absolute atomic E-state index is 0.0794. The third kappa shape index (κ3) is 11.0. The number of esters is 1. The van der Waals surface area contributed by atoms with Crippen molar-refractivity contribution in [3.63, 3.8) is 0 Å². The number of carboxylic acids is 1. The first-order valence-corrected chi connectivity index (χ1v) is 17.8. The molecule has 13 nitrogen and oxygen atoms in total. The Morgan fingerprint density at radius 1 is 0.980 bits per heavy atom. The minimum atomic E-state index is -1.37. The Bertz CT molecular complexity index is 1560. The molecule has 0 saturated carbocycles. The van der Waals surface area contributed by atoms with Gasteiger partial charge in [0.05, 0.1) is 17.3 Å². The number of amides is 4. The number of aliphatic carboxylic acids is 1. The van der Waals surface area contributed by atoms with Gasteiger partial charge in [0.25, 0.3) is 0 Å². The van der Waals surface area contributed by atoms with E-state index >= 15 is 0 Å². The Kier molecular flexibility index (Phi) is 13.3. The molecular formula is C34H45N5O8S2. The van der Waals surface area contributed by atoms with Gasteiger partial charge in [-0.1, -0.05) is 51.9 Å². The molecule has 1 aliphatic heterocycles. The predicted octanol–water partition coefficient (Wildman–Crippen LogP) is 1.95. The van der Waals surface area contributed by atoms with Crippen molar-refractivity contribution in [2.45, 2.75) is 95.0 Å². The fraction of sp³-hybridized carbons (Fsp3) is 0.471. The Balaban J connectivity index is 1.89. The molecule has 49 heavy (non-hydrogen) atoms. The molecule has 2 aromatic rings. The number of nitrogens with two attached hydrogens (primary N) is 1.